The van der Waals surface area contributed by atoms with Crippen LogP contribution in [0, 0.1) is 0 Å². The predicted molar refractivity (Wildman–Crippen MR) is 84.6 cm³/mol. The van der Waals surface area contributed by atoms with Gasteiger partial charge in [-0.2, -0.15) is 0 Å². The zero-order chi connectivity index (χ0) is 13.0. The second kappa shape index (κ2) is 6.38. The molecule has 0 aliphatic carbocycles. The third kappa shape index (κ3) is 2.61. The zero-order valence-corrected chi connectivity index (χ0v) is 12.9. The van der Waals surface area contributed by atoms with E-state index in [-0.39, 0.29) is 0 Å². The molecule has 2 aromatic carbocycles. The summed E-state index contributed by atoms with van der Waals surface area (Å²) in [6.45, 7) is 4.51. The van der Waals surface area contributed by atoms with E-state index in [9.17, 15) is 0 Å². The van der Waals surface area contributed by atoms with Crippen LogP contribution in [0.4, 0.5) is 0 Å². The average molecular weight is 305 g/mol. The molecule has 2 rings (SSSR count). The number of rotatable bonds is 5. The molecule has 0 amide bonds. The van der Waals surface area contributed by atoms with Crippen LogP contribution in [0.3, 0.4) is 0 Å². The van der Waals surface area contributed by atoms with E-state index in [1.807, 2.05) is 0 Å². The molecule has 0 bridgehead atoms. The van der Waals surface area contributed by atoms with Crippen LogP contribution in [0.25, 0.3) is 10.8 Å². The Hall–Kier alpha value is -0.820. The number of aryl methyl sites for hydroxylation is 2. The Morgan fingerprint density at radius 3 is 2.17 bits per heavy atom. The minimum absolute atomic E-state index is 0.962. The van der Waals surface area contributed by atoms with Crippen molar-refractivity contribution in [3.63, 3.8) is 0 Å². The summed E-state index contributed by atoms with van der Waals surface area (Å²) >= 11 is 3.65. The summed E-state index contributed by atoms with van der Waals surface area (Å²) in [7, 11) is 0. The Bertz CT molecular complexity index is 528. The molecule has 0 fully saturated rings. The van der Waals surface area contributed by atoms with E-state index in [1.54, 1.807) is 0 Å². The summed E-state index contributed by atoms with van der Waals surface area (Å²) in [5.74, 6) is 0. The van der Waals surface area contributed by atoms with Crippen molar-refractivity contribution in [2.45, 2.75) is 44.9 Å². The Kier molecular flexibility index (Phi) is 4.82. The number of fused-ring (bicyclic) bond motifs is 1. The van der Waals surface area contributed by atoms with E-state index in [4.69, 9.17) is 0 Å². The van der Waals surface area contributed by atoms with Gasteiger partial charge in [0.15, 0.2) is 0 Å². The normalized spacial score (nSPS) is 11.1. The molecule has 2 aromatic rings. The van der Waals surface area contributed by atoms with Gasteiger partial charge in [-0.15, -0.1) is 0 Å². The molecule has 0 radical (unpaired) electrons. The highest BCUT2D eigenvalue weighted by atomic mass is 79.9. The van der Waals surface area contributed by atoms with Gasteiger partial charge < -0.3 is 0 Å². The number of alkyl halides is 1. The average Bonchev–Trinajstić information content (AvgIpc) is 2.41. The molecular weight excluding hydrogens is 284 g/mol. The Morgan fingerprint density at radius 2 is 1.56 bits per heavy atom. The third-order valence-corrected chi connectivity index (χ3v) is 4.10. The molecule has 1 heteroatoms. The molecule has 96 valence electrons. The standard InChI is InChI=1S/C17H21Br/c1-3-7-13-11-14(12-18)15(8-4-2)17-10-6-5-9-16(13)17/h5-6,9-11H,3-4,7-8,12H2,1-2H3. The Morgan fingerprint density at radius 1 is 0.889 bits per heavy atom. The van der Waals surface area contributed by atoms with E-state index >= 15 is 0 Å². The predicted octanol–water partition coefficient (Wildman–Crippen LogP) is 5.64. The van der Waals surface area contributed by atoms with Crippen molar-refractivity contribution >= 4 is 26.7 Å². The lowest BCUT2D eigenvalue weighted by molar-refractivity contribution is 0.907. The highest BCUT2D eigenvalue weighted by Gasteiger charge is 2.10. The van der Waals surface area contributed by atoms with Crippen LogP contribution in [0.2, 0.25) is 0 Å². The van der Waals surface area contributed by atoms with Gasteiger partial charge in [-0.05, 0) is 40.3 Å². The summed E-state index contributed by atoms with van der Waals surface area (Å²) < 4.78 is 0. The maximum atomic E-state index is 3.65. The minimum Gasteiger partial charge on any atom is -0.0876 e. The van der Waals surface area contributed by atoms with Gasteiger partial charge in [-0.3, -0.25) is 0 Å². The van der Waals surface area contributed by atoms with Gasteiger partial charge in [0.2, 0.25) is 0 Å². The van der Waals surface area contributed by atoms with Gasteiger partial charge in [0.1, 0.15) is 0 Å². The third-order valence-electron chi connectivity index (χ3n) is 3.50. The van der Waals surface area contributed by atoms with Crippen molar-refractivity contribution in [3.05, 3.63) is 47.0 Å². The van der Waals surface area contributed by atoms with Crippen LogP contribution in [0.15, 0.2) is 30.3 Å². The van der Waals surface area contributed by atoms with Gasteiger partial charge in [0.05, 0.1) is 0 Å². The lowest BCUT2D eigenvalue weighted by Crippen LogP contribution is -1.97. The van der Waals surface area contributed by atoms with Crippen LogP contribution < -0.4 is 0 Å². The molecule has 0 aromatic heterocycles. The fraction of sp³-hybridized carbons (Fsp3) is 0.412. The Labute approximate surface area is 119 Å². The fourth-order valence-electron chi connectivity index (χ4n) is 2.72. The molecule has 0 unspecified atom stereocenters. The number of hydrogen-bond donors (Lipinski definition) is 0. The van der Waals surface area contributed by atoms with Gasteiger partial charge in [0, 0.05) is 5.33 Å². The molecule has 0 aliphatic heterocycles. The van der Waals surface area contributed by atoms with Gasteiger partial charge in [-0.25, -0.2) is 0 Å². The highest BCUT2D eigenvalue weighted by molar-refractivity contribution is 9.08. The van der Waals surface area contributed by atoms with Gasteiger partial charge >= 0.3 is 0 Å². The fourth-order valence-corrected chi connectivity index (χ4v) is 3.22. The van der Waals surface area contributed by atoms with E-state index in [2.05, 4.69) is 60.1 Å². The molecule has 0 spiro atoms. The van der Waals surface area contributed by atoms with E-state index in [1.165, 1.54) is 53.1 Å². The maximum absolute atomic E-state index is 3.65. The molecule has 18 heavy (non-hydrogen) atoms. The summed E-state index contributed by atoms with van der Waals surface area (Å²) in [6, 6.07) is 11.3. The van der Waals surface area contributed by atoms with E-state index < -0.39 is 0 Å². The molecular formula is C17H21Br. The maximum Gasteiger partial charge on any atom is 0.0286 e. The van der Waals surface area contributed by atoms with E-state index in [0.29, 0.717) is 0 Å². The first-order valence-corrected chi connectivity index (χ1v) is 8.02. The van der Waals surface area contributed by atoms with Crippen molar-refractivity contribution in [1.29, 1.82) is 0 Å². The molecule has 0 N–H and O–H groups in total. The lowest BCUT2D eigenvalue weighted by Gasteiger charge is -2.15. The van der Waals surface area contributed by atoms with Gasteiger partial charge in [0.25, 0.3) is 0 Å². The molecule has 0 saturated heterocycles. The largest absolute Gasteiger partial charge is 0.0876 e. The number of halogens is 1. The van der Waals surface area contributed by atoms with Crippen LogP contribution in [-0.2, 0) is 18.2 Å². The first-order chi connectivity index (χ1) is 8.81. The molecule has 0 saturated carbocycles. The lowest BCUT2D eigenvalue weighted by atomic mass is 9.91. The second-order valence-electron chi connectivity index (χ2n) is 4.85. The summed E-state index contributed by atoms with van der Waals surface area (Å²) in [5.41, 5.74) is 4.51. The van der Waals surface area contributed by atoms with Crippen LogP contribution in [-0.4, -0.2) is 0 Å². The van der Waals surface area contributed by atoms with Crippen LogP contribution >= 0.6 is 15.9 Å². The van der Waals surface area contributed by atoms with Crippen molar-refractivity contribution in [2.24, 2.45) is 0 Å². The monoisotopic (exact) mass is 304 g/mol. The smallest absolute Gasteiger partial charge is 0.0286 e. The van der Waals surface area contributed by atoms with Crippen molar-refractivity contribution in [2.75, 3.05) is 0 Å². The summed E-state index contributed by atoms with van der Waals surface area (Å²) in [4.78, 5) is 0. The zero-order valence-electron chi connectivity index (χ0n) is 11.3. The number of hydrogen-bond acceptors (Lipinski definition) is 0. The quantitative estimate of drug-likeness (QED) is 0.627. The van der Waals surface area contributed by atoms with Crippen molar-refractivity contribution < 1.29 is 0 Å². The van der Waals surface area contributed by atoms with Crippen molar-refractivity contribution in [3.8, 4) is 0 Å². The van der Waals surface area contributed by atoms with Crippen LogP contribution in [0.1, 0.15) is 43.4 Å². The molecule has 0 aliphatic rings. The summed E-state index contributed by atoms with van der Waals surface area (Å²) in [5, 5.41) is 3.87. The molecule has 0 heterocycles. The molecule has 0 nitrogen and oxygen atoms in total. The SMILES string of the molecule is CCCc1cc(CBr)c(CCC)c2ccccc12. The van der Waals surface area contributed by atoms with Crippen LogP contribution in [0.5, 0.6) is 0 Å². The highest BCUT2D eigenvalue weighted by Crippen LogP contribution is 2.29. The molecule has 0 atom stereocenters. The first kappa shape index (κ1) is 13.6. The van der Waals surface area contributed by atoms with E-state index in [0.717, 1.165) is 5.33 Å². The summed E-state index contributed by atoms with van der Waals surface area (Å²) in [6.07, 6.45) is 4.76. The minimum atomic E-state index is 0.962. The topological polar surface area (TPSA) is 0 Å². The van der Waals surface area contributed by atoms with Gasteiger partial charge in [-0.1, -0.05) is 73.0 Å². The first-order valence-electron chi connectivity index (χ1n) is 6.90. The van der Waals surface area contributed by atoms with Crippen molar-refractivity contribution in [1.82, 2.24) is 0 Å². The second-order valence-corrected chi connectivity index (χ2v) is 5.41. The number of benzene rings is 2. The Balaban J connectivity index is 2.69.